The van der Waals surface area contributed by atoms with Gasteiger partial charge in [-0.2, -0.15) is 11.3 Å². The van der Waals surface area contributed by atoms with Gasteiger partial charge in [0.1, 0.15) is 5.69 Å². The summed E-state index contributed by atoms with van der Waals surface area (Å²) in [7, 11) is 0. The monoisotopic (exact) mass is 456 g/mol. The summed E-state index contributed by atoms with van der Waals surface area (Å²) in [6.45, 7) is 2.96. The predicted octanol–water partition coefficient (Wildman–Crippen LogP) is 4.50. The predicted molar refractivity (Wildman–Crippen MR) is 130 cm³/mol. The fourth-order valence-electron chi connectivity index (χ4n) is 4.96. The Bertz CT molecular complexity index is 1280. The zero-order valence-electron chi connectivity index (χ0n) is 18.1. The van der Waals surface area contributed by atoms with Gasteiger partial charge in [-0.3, -0.25) is 19.2 Å². The van der Waals surface area contributed by atoms with E-state index in [0.29, 0.717) is 11.4 Å². The average molecular weight is 457 g/mol. The third kappa shape index (κ3) is 3.61. The molecular weight excluding hydrogens is 432 g/mol. The summed E-state index contributed by atoms with van der Waals surface area (Å²) < 4.78 is 2.03. The molecule has 0 saturated carbocycles. The molecule has 1 amide bonds. The number of pyridine rings is 2. The molecule has 166 valence electrons. The third-order valence-electron chi connectivity index (χ3n) is 6.59. The van der Waals surface area contributed by atoms with Crippen molar-refractivity contribution in [2.45, 2.75) is 24.9 Å². The van der Waals surface area contributed by atoms with Crippen molar-refractivity contribution in [2.24, 2.45) is 0 Å². The first-order valence-electron chi connectivity index (χ1n) is 11.1. The number of thiophene rings is 1. The summed E-state index contributed by atoms with van der Waals surface area (Å²) in [6.07, 6.45) is 7.03. The smallest absolute Gasteiger partial charge is 0.272 e. The molecule has 33 heavy (non-hydrogen) atoms. The number of hydrogen-bond acceptors (Lipinski definition) is 6. The molecule has 4 aromatic heterocycles. The van der Waals surface area contributed by atoms with Gasteiger partial charge in [0.25, 0.3) is 5.91 Å². The van der Waals surface area contributed by atoms with E-state index in [4.69, 9.17) is 0 Å². The Morgan fingerprint density at radius 2 is 2.00 bits per heavy atom. The van der Waals surface area contributed by atoms with Crippen LogP contribution in [0.15, 0.2) is 71.8 Å². The topological polar surface area (TPSA) is 75.1 Å². The Kier molecular flexibility index (Phi) is 4.96. The van der Waals surface area contributed by atoms with Crippen molar-refractivity contribution < 1.29 is 4.79 Å². The Hall–Kier alpha value is -3.49. The summed E-state index contributed by atoms with van der Waals surface area (Å²) in [6, 6.07) is 13.8. The maximum atomic E-state index is 13.2. The van der Waals surface area contributed by atoms with Crippen LogP contribution >= 0.6 is 11.3 Å². The van der Waals surface area contributed by atoms with Gasteiger partial charge < -0.3 is 10.6 Å². The van der Waals surface area contributed by atoms with Gasteiger partial charge in [0, 0.05) is 32.0 Å². The first kappa shape index (κ1) is 20.1. The van der Waals surface area contributed by atoms with Crippen LogP contribution in [-0.4, -0.2) is 38.4 Å². The summed E-state index contributed by atoms with van der Waals surface area (Å²) in [5.41, 5.74) is 4.46. The molecule has 0 aliphatic carbocycles. The zero-order chi connectivity index (χ0) is 22.3. The lowest BCUT2D eigenvalue weighted by molar-refractivity contribution is 0.101. The van der Waals surface area contributed by atoms with Gasteiger partial charge >= 0.3 is 0 Å². The summed E-state index contributed by atoms with van der Waals surface area (Å²) >= 11 is 1.75. The number of carbonyl (C=O) groups is 1. The zero-order valence-corrected chi connectivity index (χ0v) is 18.9. The fraction of sp³-hybridized carbons (Fsp3) is 0.240. The number of nitrogens with one attached hydrogen (secondary N) is 2. The normalized spacial score (nSPS) is 16.6. The number of aromatic nitrogens is 3. The van der Waals surface area contributed by atoms with Crippen molar-refractivity contribution in [3.63, 3.8) is 0 Å². The van der Waals surface area contributed by atoms with Crippen molar-refractivity contribution in [3.05, 3.63) is 88.8 Å². The molecule has 4 aromatic rings. The molecule has 0 bridgehead atoms. The molecule has 0 aromatic carbocycles. The van der Waals surface area contributed by atoms with Gasteiger partial charge in [-0.05, 0) is 71.6 Å². The van der Waals surface area contributed by atoms with E-state index in [0.717, 1.165) is 49.7 Å². The number of nitrogens with zero attached hydrogens (tertiary/aromatic N) is 4. The van der Waals surface area contributed by atoms with E-state index in [1.807, 2.05) is 34.9 Å². The molecule has 6 rings (SSSR count). The van der Waals surface area contributed by atoms with Gasteiger partial charge in [0.05, 0.1) is 28.8 Å². The molecule has 0 atom stereocenters. The summed E-state index contributed by atoms with van der Waals surface area (Å²) in [5, 5.41) is 11.1. The molecule has 2 N–H and O–H groups in total. The Morgan fingerprint density at radius 3 is 2.79 bits per heavy atom. The molecule has 0 unspecified atom stereocenters. The van der Waals surface area contributed by atoms with E-state index in [1.54, 1.807) is 29.9 Å². The average Bonchev–Trinajstić information content (AvgIpc) is 3.52. The maximum absolute atomic E-state index is 13.2. The lowest BCUT2D eigenvalue weighted by Gasteiger charge is -2.46. The standard InChI is InChI=1S/C25H24N6OS/c32-24(28-19-3-1-10-26-15-19)21-5-6-22-25(29-20-4-2-11-27-23(20)31(21)22)8-12-30(13-9-25)16-18-7-14-33-17-18/h1-7,10-11,14-15,17,29H,8-9,12-13,16H2,(H,28,32). The molecule has 6 heterocycles. The van der Waals surface area contributed by atoms with Gasteiger partial charge in [-0.25, -0.2) is 4.98 Å². The molecule has 8 heteroatoms. The lowest BCUT2D eigenvalue weighted by atomic mass is 9.82. The Labute approximate surface area is 196 Å². The summed E-state index contributed by atoms with van der Waals surface area (Å²) in [5.74, 6) is 0.595. The van der Waals surface area contributed by atoms with Crippen LogP contribution in [0.1, 0.15) is 34.6 Å². The van der Waals surface area contributed by atoms with E-state index >= 15 is 0 Å². The molecule has 2 aliphatic rings. The second-order valence-electron chi connectivity index (χ2n) is 8.62. The molecule has 2 aliphatic heterocycles. The number of fused-ring (bicyclic) bond motifs is 4. The van der Waals surface area contributed by atoms with Crippen molar-refractivity contribution in [3.8, 4) is 5.82 Å². The van der Waals surface area contributed by atoms with E-state index < -0.39 is 0 Å². The van der Waals surface area contributed by atoms with Crippen LogP contribution in [0.5, 0.6) is 0 Å². The van der Waals surface area contributed by atoms with Crippen molar-refractivity contribution >= 4 is 28.6 Å². The van der Waals surface area contributed by atoms with Crippen LogP contribution in [0.2, 0.25) is 0 Å². The van der Waals surface area contributed by atoms with Crippen LogP contribution in [0.3, 0.4) is 0 Å². The first-order chi connectivity index (χ1) is 16.2. The van der Waals surface area contributed by atoms with Gasteiger partial charge in [0.2, 0.25) is 0 Å². The minimum absolute atomic E-state index is 0.169. The van der Waals surface area contributed by atoms with E-state index in [9.17, 15) is 4.79 Å². The number of carbonyl (C=O) groups excluding carboxylic acids is 1. The van der Waals surface area contributed by atoms with Crippen LogP contribution in [0, 0.1) is 0 Å². The third-order valence-corrected chi connectivity index (χ3v) is 7.32. The molecule has 7 nitrogen and oxygen atoms in total. The number of anilines is 2. The fourth-order valence-corrected chi connectivity index (χ4v) is 5.62. The molecule has 1 fully saturated rings. The van der Waals surface area contributed by atoms with Crippen molar-refractivity contribution in [1.29, 1.82) is 0 Å². The Balaban J connectivity index is 1.33. The largest absolute Gasteiger partial charge is 0.371 e. The number of rotatable bonds is 4. The van der Waals surface area contributed by atoms with Gasteiger partial charge in [-0.1, -0.05) is 0 Å². The van der Waals surface area contributed by atoms with Crippen LogP contribution in [0.4, 0.5) is 11.4 Å². The summed E-state index contributed by atoms with van der Waals surface area (Å²) in [4.78, 5) is 24.5. The van der Waals surface area contributed by atoms with Gasteiger partial charge in [-0.15, -0.1) is 0 Å². The Morgan fingerprint density at radius 1 is 1.12 bits per heavy atom. The SMILES string of the molecule is O=C(Nc1cccnc1)c1ccc2n1-c1ncccc1NC21CCN(Cc2ccsc2)CC1. The highest BCUT2D eigenvalue weighted by Gasteiger charge is 2.43. The second kappa shape index (κ2) is 8.13. The van der Waals surface area contributed by atoms with E-state index in [2.05, 4.69) is 48.4 Å². The van der Waals surface area contributed by atoms with Crippen molar-refractivity contribution in [2.75, 3.05) is 23.7 Å². The van der Waals surface area contributed by atoms with Crippen molar-refractivity contribution in [1.82, 2.24) is 19.4 Å². The van der Waals surface area contributed by atoms with Crippen LogP contribution in [0.25, 0.3) is 5.82 Å². The van der Waals surface area contributed by atoms with Crippen LogP contribution in [-0.2, 0) is 12.1 Å². The highest BCUT2D eigenvalue weighted by Crippen LogP contribution is 2.44. The minimum atomic E-state index is -0.228. The highest BCUT2D eigenvalue weighted by molar-refractivity contribution is 7.07. The minimum Gasteiger partial charge on any atom is -0.371 e. The molecule has 0 radical (unpaired) electrons. The second-order valence-corrected chi connectivity index (χ2v) is 9.40. The molecular formula is C25H24N6OS. The van der Waals surface area contributed by atoms with E-state index in [-0.39, 0.29) is 11.4 Å². The lowest BCUT2D eigenvalue weighted by Crippen LogP contribution is -2.49. The highest BCUT2D eigenvalue weighted by atomic mass is 32.1. The number of hydrogen-bond donors (Lipinski definition) is 2. The van der Waals surface area contributed by atoms with E-state index in [1.165, 1.54) is 5.56 Å². The quantitative estimate of drug-likeness (QED) is 0.473. The molecule has 1 spiro atoms. The number of likely N-dealkylation sites (tertiary alicyclic amines) is 1. The number of amides is 1. The maximum Gasteiger partial charge on any atom is 0.272 e. The first-order valence-corrected chi connectivity index (χ1v) is 12.1. The van der Waals surface area contributed by atoms with Gasteiger partial charge in [0.15, 0.2) is 5.82 Å². The number of piperidine rings is 1. The molecule has 1 saturated heterocycles. The van der Waals surface area contributed by atoms with Crippen LogP contribution < -0.4 is 10.6 Å².